The van der Waals surface area contributed by atoms with Crippen molar-refractivity contribution < 1.29 is 23.2 Å². The largest absolute Gasteiger partial charge is 0.399 e. The average molecular weight is 333 g/mol. The number of imide groups is 1. The third-order valence-electron chi connectivity index (χ3n) is 3.02. The first-order valence-corrected chi connectivity index (χ1v) is 6.76. The third kappa shape index (κ3) is 3.72. The van der Waals surface area contributed by atoms with E-state index in [0.717, 1.165) is 19.1 Å². The van der Waals surface area contributed by atoms with Crippen LogP contribution in [-0.2, 0) is 14.4 Å². The lowest BCUT2D eigenvalue weighted by atomic mass is 10.2. The molecule has 0 saturated heterocycles. The van der Waals surface area contributed by atoms with Gasteiger partial charge in [-0.3, -0.25) is 14.4 Å². The summed E-state index contributed by atoms with van der Waals surface area (Å²) in [7, 11) is 0. The normalized spacial score (nSPS) is 10.1. The van der Waals surface area contributed by atoms with Gasteiger partial charge in [-0.25, -0.2) is 13.7 Å². The molecular weight excluding hydrogens is 320 g/mol. The number of nitrogens with zero attached hydrogens (tertiary/aromatic N) is 1. The van der Waals surface area contributed by atoms with Crippen LogP contribution < -0.4 is 16.0 Å². The fraction of sp³-hybridized carbons (Fsp3) is 0.0625. The maximum Gasteiger partial charge on any atom is 0.323 e. The second-order valence-electron chi connectivity index (χ2n) is 4.83. The standard InChI is InChI=1S/C16H13F2N3O3/c1-9(22)21(12-4-2-3-11(19)8-12)16(24)15(23)20-14-6-5-10(17)7-13(14)18/h2-8H,19H2,1H3,(H,20,23). The van der Waals surface area contributed by atoms with E-state index < -0.39 is 29.4 Å². The van der Waals surface area contributed by atoms with Gasteiger partial charge in [-0.1, -0.05) is 6.07 Å². The Kier molecular flexibility index (Phi) is 4.88. The molecule has 0 saturated carbocycles. The van der Waals surface area contributed by atoms with Gasteiger partial charge in [-0.2, -0.15) is 0 Å². The van der Waals surface area contributed by atoms with Crippen molar-refractivity contribution >= 4 is 34.8 Å². The summed E-state index contributed by atoms with van der Waals surface area (Å²) < 4.78 is 26.4. The van der Waals surface area contributed by atoms with Crippen molar-refractivity contribution in [1.29, 1.82) is 0 Å². The van der Waals surface area contributed by atoms with E-state index in [1.54, 1.807) is 6.07 Å². The summed E-state index contributed by atoms with van der Waals surface area (Å²) in [5.41, 5.74) is 5.60. The third-order valence-corrected chi connectivity index (χ3v) is 3.02. The molecule has 0 aliphatic rings. The molecule has 0 fully saturated rings. The molecule has 0 aliphatic heterocycles. The van der Waals surface area contributed by atoms with Gasteiger partial charge in [0.2, 0.25) is 5.91 Å². The minimum absolute atomic E-state index is 0.0993. The highest BCUT2D eigenvalue weighted by molar-refractivity contribution is 6.48. The highest BCUT2D eigenvalue weighted by atomic mass is 19.1. The molecule has 2 aromatic carbocycles. The van der Waals surface area contributed by atoms with E-state index in [9.17, 15) is 23.2 Å². The van der Waals surface area contributed by atoms with E-state index >= 15 is 0 Å². The van der Waals surface area contributed by atoms with Gasteiger partial charge in [0.1, 0.15) is 11.6 Å². The molecule has 124 valence electrons. The van der Waals surface area contributed by atoms with Gasteiger partial charge in [-0.15, -0.1) is 0 Å². The lowest BCUT2D eigenvalue weighted by Crippen LogP contribution is -2.42. The quantitative estimate of drug-likeness (QED) is 0.650. The summed E-state index contributed by atoms with van der Waals surface area (Å²) >= 11 is 0. The van der Waals surface area contributed by atoms with Crippen molar-refractivity contribution in [2.24, 2.45) is 0 Å². The van der Waals surface area contributed by atoms with Crippen LogP contribution in [0, 0.1) is 11.6 Å². The van der Waals surface area contributed by atoms with Gasteiger partial charge in [0, 0.05) is 18.7 Å². The van der Waals surface area contributed by atoms with Crippen LogP contribution in [0.5, 0.6) is 0 Å². The Balaban J connectivity index is 2.26. The summed E-state index contributed by atoms with van der Waals surface area (Å²) in [6, 6.07) is 8.25. The molecule has 0 bridgehead atoms. The minimum atomic E-state index is -1.25. The van der Waals surface area contributed by atoms with Crippen LogP contribution in [0.25, 0.3) is 0 Å². The lowest BCUT2D eigenvalue weighted by molar-refractivity contribution is -0.136. The Morgan fingerprint density at radius 2 is 1.79 bits per heavy atom. The van der Waals surface area contributed by atoms with Crippen molar-refractivity contribution in [3.8, 4) is 0 Å². The summed E-state index contributed by atoms with van der Waals surface area (Å²) in [4.78, 5) is 36.6. The first-order valence-electron chi connectivity index (χ1n) is 6.76. The number of benzene rings is 2. The van der Waals surface area contributed by atoms with Crippen molar-refractivity contribution in [1.82, 2.24) is 0 Å². The van der Waals surface area contributed by atoms with Gasteiger partial charge in [0.05, 0.1) is 11.4 Å². The number of nitrogen functional groups attached to an aromatic ring is 1. The van der Waals surface area contributed by atoms with E-state index in [2.05, 4.69) is 0 Å². The SMILES string of the molecule is CC(=O)N(C(=O)C(=O)Nc1ccc(F)cc1F)c1cccc(N)c1. The van der Waals surface area contributed by atoms with E-state index in [1.165, 1.54) is 18.2 Å². The number of anilines is 3. The smallest absolute Gasteiger partial charge is 0.323 e. The molecule has 6 nitrogen and oxygen atoms in total. The molecule has 0 aromatic heterocycles. The van der Waals surface area contributed by atoms with Gasteiger partial charge < -0.3 is 11.1 Å². The molecule has 8 heteroatoms. The zero-order chi connectivity index (χ0) is 17.9. The zero-order valence-corrected chi connectivity index (χ0v) is 12.5. The summed E-state index contributed by atoms with van der Waals surface area (Å²) in [5, 5.41) is 2.00. The van der Waals surface area contributed by atoms with Crippen LogP contribution in [0.3, 0.4) is 0 Å². The second kappa shape index (κ2) is 6.86. The Bertz CT molecular complexity index is 824. The molecule has 0 unspecified atom stereocenters. The fourth-order valence-corrected chi connectivity index (χ4v) is 1.97. The highest BCUT2D eigenvalue weighted by Crippen LogP contribution is 2.19. The van der Waals surface area contributed by atoms with Crippen LogP contribution in [0.2, 0.25) is 0 Å². The summed E-state index contributed by atoms with van der Waals surface area (Å²) in [6.45, 7) is 1.09. The average Bonchev–Trinajstić information content (AvgIpc) is 2.49. The predicted octanol–water partition coefficient (Wildman–Crippen LogP) is 2.07. The van der Waals surface area contributed by atoms with E-state index in [4.69, 9.17) is 5.73 Å². The highest BCUT2D eigenvalue weighted by Gasteiger charge is 2.27. The van der Waals surface area contributed by atoms with Crippen molar-refractivity contribution in [2.75, 3.05) is 16.0 Å². The van der Waals surface area contributed by atoms with Crippen LogP contribution in [0.1, 0.15) is 6.92 Å². The van der Waals surface area contributed by atoms with Gasteiger partial charge >= 0.3 is 11.8 Å². The molecule has 3 amide bonds. The second-order valence-corrected chi connectivity index (χ2v) is 4.83. The van der Waals surface area contributed by atoms with E-state index in [1.807, 2.05) is 5.32 Å². The first-order chi connectivity index (χ1) is 11.3. The molecule has 0 atom stereocenters. The Morgan fingerprint density at radius 3 is 2.38 bits per heavy atom. The zero-order valence-electron chi connectivity index (χ0n) is 12.5. The van der Waals surface area contributed by atoms with Gasteiger partial charge in [0.25, 0.3) is 0 Å². The topological polar surface area (TPSA) is 92.5 Å². The van der Waals surface area contributed by atoms with Crippen molar-refractivity contribution in [3.63, 3.8) is 0 Å². The number of carbonyl (C=O) groups excluding carboxylic acids is 3. The predicted molar refractivity (Wildman–Crippen MR) is 84.0 cm³/mol. The maximum absolute atomic E-state index is 13.5. The molecule has 2 rings (SSSR count). The number of hydrogen-bond donors (Lipinski definition) is 2. The van der Waals surface area contributed by atoms with E-state index in [0.29, 0.717) is 11.0 Å². The first kappa shape index (κ1) is 17.1. The maximum atomic E-state index is 13.5. The van der Waals surface area contributed by atoms with Crippen LogP contribution in [0.4, 0.5) is 25.8 Å². The number of nitrogens with one attached hydrogen (secondary N) is 1. The number of rotatable bonds is 2. The molecule has 24 heavy (non-hydrogen) atoms. The molecule has 2 aromatic rings. The Morgan fingerprint density at radius 1 is 1.08 bits per heavy atom. The van der Waals surface area contributed by atoms with E-state index in [-0.39, 0.29) is 17.1 Å². The molecule has 0 aliphatic carbocycles. The van der Waals surface area contributed by atoms with Gasteiger partial charge in [-0.05, 0) is 30.3 Å². The Hall–Kier alpha value is -3.29. The van der Waals surface area contributed by atoms with Crippen molar-refractivity contribution in [2.45, 2.75) is 6.92 Å². The van der Waals surface area contributed by atoms with Crippen LogP contribution >= 0.6 is 0 Å². The van der Waals surface area contributed by atoms with Gasteiger partial charge in [0.15, 0.2) is 0 Å². The van der Waals surface area contributed by atoms with Crippen LogP contribution in [0.15, 0.2) is 42.5 Å². The summed E-state index contributed by atoms with van der Waals surface area (Å²) in [6.07, 6.45) is 0. The van der Waals surface area contributed by atoms with Crippen LogP contribution in [-0.4, -0.2) is 17.7 Å². The molecule has 0 spiro atoms. The number of hydrogen-bond acceptors (Lipinski definition) is 4. The molecule has 0 radical (unpaired) electrons. The number of carbonyl (C=O) groups is 3. The molecule has 3 N–H and O–H groups in total. The molecule has 0 heterocycles. The Labute approximate surface area is 135 Å². The number of halogens is 2. The number of nitrogens with two attached hydrogens (primary N) is 1. The minimum Gasteiger partial charge on any atom is -0.399 e. The number of amides is 3. The fourth-order valence-electron chi connectivity index (χ4n) is 1.97. The molecular formula is C16H13F2N3O3. The lowest BCUT2D eigenvalue weighted by Gasteiger charge is -2.19. The summed E-state index contributed by atoms with van der Waals surface area (Å²) in [5.74, 6) is -5.08. The van der Waals surface area contributed by atoms with Crippen molar-refractivity contribution in [3.05, 3.63) is 54.1 Å². The monoisotopic (exact) mass is 333 g/mol.